The lowest BCUT2D eigenvalue weighted by Crippen LogP contribution is -2.39. The predicted octanol–water partition coefficient (Wildman–Crippen LogP) is 2.27. The highest BCUT2D eigenvalue weighted by atomic mass is 35.5. The van der Waals surface area contributed by atoms with Crippen LogP contribution in [0, 0.1) is 0 Å². The van der Waals surface area contributed by atoms with Crippen molar-refractivity contribution in [3.05, 3.63) is 34.9 Å². The number of benzene rings is 1. The highest BCUT2D eigenvalue weighted by Crippen LogP contribution is 2.29. The summed E-state index contributed by atoms with van der Waals surface area (Å²) in [6.45, 7) is 0.945. The van der Waals surface area contributed by atoms with E-state index in [4.69, 9.17) is 11.6 Å². The second-order valence-corrected chi connectivity index (χ2v) is 5.51. The maximum atomic E-state index is 10.2. The molecule has 1 unspecified atom stereocenters. The Kier molecular flexibility index (Phi) is 4.62. The fourth-order valence-electron chi connectivity index (χ4n) is 2.51. The summed E-state index contributed by atoms with van der Waals surface area (Å²) >= 11 is 6.02. The van der Waals surface area contributed by atoms with Crippen molar-refractivity contribution in [3.63, 3.8) is 0 Å². The maximum absolute atomic E-state index is 10.2. The first-order valence-corrected chi connectivity index (χ1v) is 6.84. The second-order valence-electron chi connectivity index (χ2n) is 5.10. The van der Waals surface area contributed by atoms with Gasteiger partial charge in [0.1, 0.15) is 0 Å². The van der Waals surface area contributed by atoms with Crippen LogP contribution in [-0.2, 0) is 0 Å². The third-order valence-electron chi connectivity index (χ3n) is 3.59. The van der Waals surface area contributed by atoms with Crippen molar-refractivity contribution >= 4 is 11.6 Å². The zero-order valence-corrected chi connectivity index (χ0v) is 11.2. The lowest BCUT2D eigenvalue weighted by atomic mass is 10.0. The number of hydrogen-bond acceptors (Lipinski definition) is 3. The van der Waals surface area contributed by atoms with Gasteiger partial charge in [0.25, 0.3) is 0 Å². The molecular weight excluding hydrogens is 250 g/mol. The van der Waals surface area contributed by atoms with Gasteiger partial charge in [-0.25, -0.2) is 0 Å². The summed E-state index contributed by atoms with van der Waals surface area (Å²) in [5.41, 5.74) is 0.144. The number of aliphatic hydroxyl groups is 2. The van der Waals surface area contributed by atoms with E-state index in [1.807, 2.05) is 18.2 Å². The third-order valence-corrected chi connectivity index (χ3v) is 3.93. The monoisotopic (exact) mass is 269 g/mol. The molecule has 0 radical (unpaired) electrons. The van der Waals surface area contributed by atoms with Crippen LogP contribution in [0.5, 0.6) is 0 Å². The molecular formula is C14H20ClNO2. The van der Waals surface area contributed by atoms with Gasteiger partial charge in [0.15, 0.2) is 0 Å². The largest absolute Gasteiger partial charge is 0.389 e. The molecule has 3 N–H and O–H groups in total. The summed E-state index contributed by atoms with van der Waals surface area (Å²) < 4.78 is 0. The molecule has 4 heteroatoms. The van der Waals surface area contributed by atoms with Crippen LogP contribution in [0.25, 0.3) is 0 Å². The Hall–Kier alpha value is -0.610. The Balaban J connectivity index is 1.82. The van der Waals surface area contributed by atoms with Gasteiger partial charge in [-0.1, -0.05) is 42.6 Å². The molecule has 0 saturated heterocycles. The van der Waals surface area contributed by atoms with Gasteiger partial charge in [0.2, 0.25) is 0 Å². The van der Waals surface area contributed by atoms with Crippen molar-refractivity contribution < 1.29 is 10.2 Å². The van der Waals surface area contributed by atoms with Gasteiger partial charge >= 0.3 is 0 Å². The van der Waals surface area contributed by atoms with E-state index in [-0.39, 0.29) is 0 Å². The average molecular weight is 270 g/mol. The molecule has 100 valence electrons. The van der Waals surface area contributed by atoms with Gasteiger partial charge in [0, 0.05) is 23.7 Å². The maximum Gasteiger partial charge on any atom is 0.0928 e. The highest BCUT2D eigenvalue weighted by molar-refractivity contribution is 6.31. The van der Waals surface area contributed by atoms with Crippen LogP contribution >= 0.6 is 11.6 Å². The van der Waals surface area contributed by atoms with E-state index in [0.29, 0.717) is 18.1 Å². The molecule has 1 aromatic rings. The zero-order valence-electron chi connectivity index (χ0n) is 10.4. The lowest BCUT2D eigenvalue weighted by molar-refractivity contribution is 0.0439. The Labute approximate surface area is 113 Å². The minimum Gasteiger partial charge on any atom is -0.389 e. The van der Waals surface area contributed by atoms with E-state index < -0.39 is 11.7 Å². The van der Waals surface area contributed by atoms with Crippen molar-refractivity contribution in [2.24, 2.45) is 0 Å². The van der Waals surface area contributed by atoms with Crippen LogP contribution in [0.15, 0.2) is 24.3 Å². The van der Waals surface area contributed by atoms with Crippen molar-refractivity contribution in [3.8, 4) is 0 Å². The van der Waals surface area contributed by atoms with Gasteiger partial charge in [-0.3, -0.25) is 0 Å². The minimum absolute atomic E-state index is 0.409. The first kappa shape index (κ1) is 13.8. The van der Waals surface area contributed by atoms with Gasteiger partial charge in [-0.15, -0.1) is 0 Å². The van der Waals surface area contributed by atoms with E-state index in [1.165, 1.54) is 0 Å². The van der Waals surface area contributed by atoms with Crippen LogP contribution in [0.1, 0.15) is 37.4 Å². The topological polar surface area (TPSA) is 52.5 Å². The van der Waals surface area contributed by atoms with Crippen LogP contribution in [0.4, 0.5) is 0 Å². The number of rotatable bonds is 5. The summed E-state index contributed by atoms with van der Waals surface area (Å²) in [4.78, 5) is 0. The molecule has 0 amide bonds. The molecule has 1 aliphatic carbocycles. The smallest absolute Gasteiger partial charge is 0.0928 e. The molecule has 0 aromatic heterocycles. The summed E-state index contributed by atoms with van der Waals surface area (Å²) in [5, 5.41) is 23.9. The summed E-state index contributed by atoms with van der Waals surface area (Å²) in [6.07, 6.45) is 3.24. The third kappa shape index (κ3) is 3.45. The molecule has 1 aromatic carbocycles. The SMILES string of the molecule is OC(CNCC1(O)CCCC1)c1ccccc1Cl. The fourth-order valence-corrected chi connectivity index (χ4v) is 2.77. The first-order valence-electron chi connectivity index (χ1n) is 6.46. The molecule has 0 spiro atoms. The highest BCUT2D eigenvalue weighted by Gasteiger charge is 2.30. The fraction of sp³-hybridized carbons (Fsp3) is 0.571. The molecule has 1 fully saturated rings. The van der Waals surface area contributed by atoms with E-state index in [2.05, 4.69) is 5.32 Å². The molecule has 0 heterocycles. The summed E-state index contributed by atoms with van der Waals surface area (Å²) in [7, 11) is 0. The Morgan fingerprint density at radius 3 is 2.61 bits per heavy atom. The Morgan fingerprint density at radius 1 is 1.28 bits per heavy atom. The van der Waals surface area contributed by atoms with Crippen LogP contribution in [0.3, 0.4) is 0 Å². The van der Waals surface area contributed by atoms with Gasteiger partial charge < -0.3 is 15.5 Å². The van der Waals surface area contributed by atoms with Crippen molar-refractivity contribution in [1.82, 2.24) is 5.32 Å². The molecule has 1 saturated carbocycles. The van der Waals surface area contributed by atoms with Crippen LogP contribution in [-0.4, -0.2) is 28.9 Å². The standard InChI is InChI=1S/C14H20ClNO2/c15-12-6-2-1-5-11(12)13(17)9-16-10-14(18)7-3-4-8-14/h1-2,5-6,13,16-18H,3-4,7-10H2. The van der Waals surface area contributed by atoms with Crippen molar-refractivity contribution in [2.45, 2.75) is 37.4 Å². The van der Waals surface area contributed by atoms with Gasteiger partial charge in [0.05, 0.1) is 11.7 Å². The van der Waals surface area contributed by atoms with Gasteiger partial charge in [-0.05, 0) is 18.9 Å². The van der Waals surface area contributed by atoms with Gasteiger partial charge in [-0.2, -0.15) is 0 Å². The number of aliphatic hydroxyl groups excluding tert-OH is 1. The molecule has 2 rings (SSSR count). The lowest BCUT2D eigenvalue weighted by Gasteiger charge is -2.23. The van der Waals surface area contributed by atoms with E-state index >= 15 is 0 Å². The van der Waals surface area contributed by atoms with Crippen molar-refractivity contribution in [2.75, 3.05) is 13.1 Å². The molecule has 1 aliphatic rings. The van der Waals surface area contributed by atoms with Crippen LogP contribution < -0.4 is 5.32 Å². The minimum atomic E-state index is -0.635. The van der Waals surface area contributed by atoms with E-state index in [9.17, 15) is 10.2 Å². The molecule has 0 bridgehead atoms. The zero-order chi connectivity index (χ0) is 13.0. The molecule has 3 nitrogen and oxygen atoms in total. The second kappa shape index (κ2) is 6.02. The quantitative estimate of drug-likeness (QED) is 0.769. The first-order chi connectivity index (χ1) is 8.61. The van der Waals surface area contributed by atoms with E-state index in [1.54, 1.807) is 6.07 Å². The molecule has 18 heavy (non-hydrogen) atoms. The number of halogens is 1. The molecule has 0 aliphatic heterocycles. The van der Waals surface area contributed by atoms with E-state index in [0.717, 1.165) is 31.2 Å². The average Bonchev–Trinajstić information content (AvgIpc) is 2.77. The summed E-state index contributed by atoms with van der Waals surface area (Å²) in [6, 6.07) is 7.28. The van der Waals surface area contributed by atoms with Crippen LogP contribution in [0.2, 0.25) is 5.02 Å². The Morgan fingerprint density at radius 2 is 1.94 bits per heavy atom. The normalized spacial score (nSPS) is 19.9. The Bertz CT molecular complexity index is 391. The van der Waals surface area contributed by atoms with Crippen molar-refractivity contribution in [1.29, 1.82) is 0 Å². The summed E-state index contributed by atoms with van der Waals surface area (Å²) in [5.74, 6) is 0. The molecule has 1 atom stereocenters. The number of hydrogen-bond donors (Lipinski definition) is 3. The number of nitrogens with one attached hydrogen (secondary N) is 1. The predicted molar refractivity (Wildman–Crippen MR) is 72.7 cm³/mol.